The van der Waals surface area contributed by atoms with Gasteiger partial charge in [-0.15, -0.1) is 0 Å². The van der Waals surface area contributed by atoms with E-state index in [1.54, 1.807) is 0 Å². The number of unbranched alkanes of at least 4 members (excludes halogenated alkanes) is 2. The Morgan fingerprint density at radius 1 is 0.909 bits per heavy atom. The molecule has 1 saturated heterocycles. The highest BCUT2D eigenvalue weighted by atomic mass is 16.1. The minimum atomic E-state index is -0.00129. The second-order valence-corrected chi connectivity index (χ2v) is 8.68. The third kappa shape index (κ3) is 17.9. The number of rotatable bonds is 7. The maximum absolute atomic E-state index is 11.3. The van der Waals surface area contributed by atoms with Crippen molar-refractivity contribution in [1.29, 1.82) is 0 Å². The summed E-state index contributed by atoms with van der Waals surface area (Å²) >= 11 is 0. The molecule has 0 amide bonds. The number of likely N-dealkylation sites (N-methyl/N-ethyl adjacent to an activating group) is 1. The summed E-state index contributed by atoms with van der Waals surface area (Å²) in [7, 11) is 2.21. The molecule has 0 bridgehead atoms. The number of nitrogens with zero attached hydrogens (tertiary/aromatic N) is 3. The second-order valence-electron chi connectivity index (χ2n) is 8.68. The number of piperazine rings is 1. The number of aryl methyl sites for hydroxylation is 2. The van der Waals surface area contributed by atoms with Gasteiger partial charge in [-0.05, 0) is 52.6 Å². The van der Waals surface area contributed by atoms with Gasteiger partial charge in [-0.3, -0.25) is 4.79 Å². The maximum Gasteiger partial charge on any atom is 0.254 e. The van der Waals surface area contributed by atoms with Crippen molar-refractivity contribution in [3.05, 3.63) is 27.4 Å². The fraction of sp³-hybridized carbons (Fsp3) is 0.857. The minimum absolute atomic E-state index is 0.00129. The molecule has 0 atom stereocenters. The first kappa shape index (κ1) is 34.0. The van der Waals surface area contributed by atoms with Gasteiger partial charge in [0.25, 0.3) is 5.56 Å². The van der Waals surface area contributed by atoms with Crippen LogP contribution in [-0.4, -0.2) is 59.5 Å². The lowest BCUT2D eigenvalue weighted by molar-refractivity contribution is 0.152. The van der Waals surface area contributed by atoms with Gasteiger partial charge in [0.15, 0.2) is 0 Å². The lowest BCUT2D eigenvalue weighted by Crippen LogP contribution is -2.44. The Balaban J connectivity index is 0. The normalized spacial score (nSPS) is 15.5. The summed E-state index contributed by atoms with van der Waals surface area (Å²) in [6.45, 7) is 24.7. The predicted molar refractivity (Wildman–Crippen MR) is 147 cm³/mol. The molecule has 0 radical (unpaired) electrons. The van der Waals surface area contributed by atoms with Gasteiger partial charge in [0.05, 0.1) is 5.69 Å². The van der Waals surface area contributed by atoms with Crippen LogP contribution in [0.3, 0.4) is 0 Å². The van der Waals surface area contributed by atoms with Gasteiger partial charge in [0.1, 0.15) is 5.82 Å². The van der Waals surface area contributed by atoms with Crippen molar-refractivity contribution < 1.29 is 0 Å². The van der Waals surface area contributed by atoms with Crippen LogP contribution in [0.2, 0.25) is 0 Å². The molecule has 1 aliphatic carbocycles. The van der Waals surface area contributed by atoms with Crippen molar-refractivity contribution in [3.8, 4) is 0 Å². The van der Waals surface area contributed by atoms with Crippen LogP contribution in [-0.2, 0) is 6.42 Å². The average molecular weight is 467 g/mol. The maximum atomic E-state index is 11.3. The summed E-state index contributed by atoms with van der Waals surface area (Å²) in [5.41, 5.74) is 1.71. The topological polar surface area (TPSA) is 52.2 Å². The van der Waals surface area contributed by atoms with Crippen molar-refractivity contribution in [2.75, 3.05) is 39.8 Å². The van der Waals surface area contributed by atoms with Crippen LogP contribution >= 0.6 is 0 Å². The van der Waals surface area contributed by atoms with E-state index in [0.29, 0.717) is 5.82 Å². The Morgan fingerprint density at radius 2 is 1.45 bits per heavy atom. The zero-order chi connectivity index (χ0) is 25.6. The summed E-state index contributed by atoms with van der Waals surface area (Å²) in [5.74, 6) is 1.84. The van der Waals surface area contributed by atoms with E-state index < -0.39 is 0 Å². The summed E-state index contributed by atoms with van der Waals surface area (Å²) in [6.07, 6.45) is 10.3. The molecule has 1 aromatic heterocycles. The molecule has 5 nitrogen and oxygen atoms in total. The Hall–Kier alpha value is -1.20. The number of aromatic nitrogens is 2. The molecular weight excluding hydrogens is 408 g/mol. The van der Waals surface area contributed by atoms with E-state index in [9.17, 15) is 4.79 Å². The monoisotopic (exact) mass is 466 g/mol. The molecule has 33 heavy (non-hydrogen) atoms. The molecule has 3 rings (SSSR count). The van der Waals surface area contributed by atoms with Gasteiger partial charge >= 0.3 is 0 Å². The summed E-state index contributed by atoms with van der Waals surface area (Å²) in [6, 6.07) is 0. The van der Waals surface area contributed by atoms with E-state index in [1.807, 2.05) is 41.5 Å². The van der Waals surface area contributed by atoms with E-state index in [2.05, 4.69) is 47.6 Å². The van der Waals surface area contributed by atoms with Crippen molar-refractivity contribution in [2.24, 2.45) is 5.92 Å². The van der Waals surface area contributed by atoms with Crippen molar-refractivity contribution >= 4 is 0 Å². The standard InChI is InChI=1S/C10H16N2O.C9H20N2.C5H10.2C2H6/c1-4-5-6-9-7(2)10(13)12-8(3)11-9;1-3-4-5-11-8-6-10(2)7-9-11;1-2-5-3-4-5;2*1-2/h4-6H2,1-3H3,(H,11,12,13);3-9H2,1-2H3;5H,2-4H2,1H3;2*1-2H3. The highest BCUT2D eigenvalue weighted by Crippen LogP contribution is 2.31. The van der Waals surface area contributed by atoms with E-state index in [4.69, 9.17) is 0 Å². The molecule has 0 aromatic carbocycles. The summed E-state index contributed by atoms with van der Waals surface area (Å²) < 4.78 is 0. The van der Waals surface area contributed by atoms with E-state index in [0.717, 1.165) is 36.4 Å². The smallest absolute Gasteiger partial charge is 0.254 e. The Labute approximate surface area is 206 Å². The Morgan fingerprint density at radius 3 is 1.88 bits per heavy atom. The molecule has 1 saturated carbocycles. The molecule has 0 unspecified atom stereocenters. The number of hydrogen-bond acceptors (Lipinski definition) is 4. The lowest BCUT2D eigenvalue weighted by Gasteiger charge is -2.32. The summed E-state index contributed by atoms with van der Waals surface area (Å²) in [5, 5.41) is 0. The zero-order valence-electron chi connectivity index (χ0n) is 24.0. The summed E-state index contributed by atoms with van der Waals surface area (Å²) in [4.78, 5) is 23.3. The van der Waals surface area contributed by atoms with Crippen molar-refractivity contribution in [1.82, 2.24) is 19.8 Å². The average Bonchev–Trinajstić information content (AvgIpc) is 3.68. The number of H-pyrrole nitrogens is 1. The molecular formula is C28H58N4O. The van der Waals surface area contributed by atoms with Crippen LogP contribution < -0.4 is 5.56 Å². The van der Waals surface area contributed by atoms with E-state index >= 15 is 0 Å². The van der Waals surface area contributed by atoms with Gasteiger partial charge in [-0.1, -0.05) is 80.6 Å². The molecule has 1 N–H and O–H groups in total. The molecule has 196 valence electrons. The second kappa shape index (κ2) is 22.6. The van der Waals surface area contributed by atoms with Gasteiger partial charge in [0.2, 0.25) is 0 Å². The number of nitrogens with one attached hydrogen (secondary N) is 1. The molecule has 2 fully saturated rings. The number of hydrogen-bond donors (Lipinski definition) is 1. The van der Waals surface area contributed by atoms with Crippen LogP contribution in [0.1, 0.15) is 110 Å². The Bertz CT molecular complexity index is 600. The van der Waals surface area contributed by atoms with Gasteiger partial charge < -0.3 is 14.8 Å². The van der Waals surface area contributed by atoms with Crippen LogP contribution in [0, 0.1) is 19.8 Å². The first-order valence-corrected chi connectivity index (χ1v) is 13.9. The zero-order valence-corrected chi connectivity index (χ0v) is 24.0. The van der Waals surface area contributed by atoms with Crippen molar-refractivity contribution in [3.63, 3.8) is 0 Å². The third-order valence-electron chi connectivity index (χ3n) is 5.84. The lowest BCUT2D eigenvalue weighted by atomic mass is 10.1. The first-order valence-electron chi connectivity index (χ1n) is 13.9. The highest BCUT2D eigenvalue weighted by Gasteiger charge is 2.17. The molecule has 1 aliphatic heterocycles. The largest absolute Gasteiger partial charge is 0.311 e. The van der Waals surface area contributed by atoms with Gasteiger partial charge in [-0.2, -0.15) is 0 Å². The molecule has 1 aromatic rings. The minimum Gasteiger partial charge on any atom is -0.311 e. The molecule has 2 heterocycles. The Kier molecular flexibility index (Phi) is 23.2. The van der Waals surface area contributed by atoms with Gasteiger partial charge in [-0.25, -0.2) is 4.98 Å². The van der Waals surface area contributed by atoms with Crippen LogP contribution in [0.15, 0.2) is 4.79 Å². The third-order valence-corrected chi connectivity index (χ3v) is 5.84. The van der Waals surface area contributed by atoms with E-state index in [1.165, 1.54) is 64.8 Å². The molecule has 5 heteroatoms. The number of aromatic amines is 1. The van der Waals surface area contributed by atoms with Crippen LogP contribution in [0.4, 0.5) is 0 Å². The molecule has 2 aliphatic rings. The van der Waals surface area contributed by atoms with E-state index in [-0.39, 0.29) is 5.56 Å². The quantitative estimate of drug-likeness (QED) is 0.490. The fourth-order valence-electron chi connectivity index (χ4n) is 3.27. The fourth-order valence-corrected chi connectivity index (χ4v) is 3.27. The SMILES string of the molecule is CC.CC.CCC1CC1.CCCCN1CCN(C)CC1.CCCCc1nc(C)[nH]c(=O)c1C. The van der Waals surface area contributed by atoms with Crippen LogP contribution in [0.25, 0.3) is 0 Å². The first-order chi connectivity index (χ1) is 15.9. The highest BCUT2D eigenvalue weighted by molar-refractivity contribution is 5.15. The van der Waals surface area contributed by atoms with Crippen molar-refractivity contribution in [2.45, 2.75) is 114 Å². The van der Waals surface area contributed by atoms with Gasteiger partial charge in [0, 0.05) is 31.7 Å². The molecule has 0 spiro atoms. The van der Waals surface area contributed by atoms with Crippen LogP contribution in [0.5, 0.6) is 0 Å². The predicted octanol–water partition coefficient (Wildman–Crippen LogP) is 6.62.